The molecule has 114 valence electrons. The van der Waals surface area contributed by atoms with E-state index < -0.39 is 0 Å². The predicted molar refractivity (Wildman–Crippen MR) is 91.9 cm³/mol. The highest BCUT2D eigenvalue weighted by Gasteiger charge is 2.46. The average molecular weight is 303 g/mol. The molecule has 4 aromatic rings. The summed E-state index contributed by atoms with van der Waals surface area (Å²) in [7, 11) is 0. The van der Waals surface area contributed by atoms with E-state index in [9.17, 15) is 5.11 Å². The normalized spacial score (nSPS) is 16.4. The second-order valence-electron chi connectivity index (χ2n) is 7.01. The van der Waals surface area contributed by atoms with Crippen LogP contribution in [0.5, 0.6) is 5.75 Å². The summed E-state index contributed by atoms with van der Waals surface area (Å²) >= 11 is 0. The van der Waals surface area contributed by atoms with Crippen molar-refractivity contribution in [2.75, 3.05) is 0 Å². The van der Waals surface area contributed by atoms with E-state index in [1.54, 1.807) is 6.07 Å². The molecule has 1 N–H and O–H groups in total. The molecule has 0 spiro atoms. The van der Waals surface area contributed by atoms with Crippen molar-refractivity contribution in [3.8, 4) is 5.75 Å². The minimum absolute atomic E-state index is 0.178. The fourth-order valence-electron chi connectivity index (χ4n) is 3.85. The molecule has 5 rings (SSSR count). The van der Waals surface area contributed by atoms with Gasteiger partial charge in [-0.3, -0.25) is 0 Å². The van der Waals surface area contributed by atoms with Gasteiger partial charge >= 0.3 is 0 Å². The molecule has 0 unspecified atom stereocenters. The van der Waals surface area contributed by atoms with E-state index >= 15 is 0 Å². The predicted octanol–water partition coefficient (Wildman–Crippen LogP) is 4.06. The molecule has 2 aromatic carbocycles. The van der Waals surface area contributed by atoms with E-state index in [2.05, 4.69) is 59.3 Å². The number of imidazole rings is 1. The lowest BCUT2D eigenvalue weighted by molar-refractivity contribution is -0.710. The van der Waals surface area contributed by atoms with Gasteiger partial charge in [-0.15, -0.1) is 0 Å². The summed E-state index contributed by atoms with van der Waals surface area (Å²) in [5.74, 6) is 0.356. The lowest BCUT2D eigenvalue weighted by atomic mass is 10.0. The van der Waals surface area contributed by atoms with Gasteiger partial charge in [-0.05, 0) is 31.9 Å². The first kappa shape index (κ1) is 12.9. The Morgan fingerprint density at radius 2 is 1.78 bits per heavy atom. The Bertz CT molecular complexity index is 1100. The first-order valence-corrected chi connectivity index (χ1v) is 8.17. The number of phenols is 1. The summed E-state index contributed by atoms with van der Waals surface area (Å²) in [6.45, 7) is 4.45. The zero-order valence-corrected chi connectivity index (χ0v) is 13.4. The van der Waals surface area contributed by atoms with Crippen LogP contribution in [0.1, 0.15) is 25.5 Å². The fraction of sp³-hybridized carbons (Fsp3) is 0.250. The zero-order chi connectivity index (χ0) is 15.8. The first-order chi connectivity index (χ1) is 11.1. The lowest BCUT2D eigenvalue weighted by Crippen LogP contribution is -2.43. The fourth-order valence-corrected chi connectivity index (χ4v) is 3.85. The Hall–Kier alpha value is -2.55. The number of fused-ring (bicyclic) bond motifs is 6. The molecule has 1 aliphatic carbocycles. The van der Waals surface area contributed by atoms with Gasteiger partial charge in [0.05, 0.1) is 0 Å². The van der Waals surface area contributed by atoms with E-state index in [1.165, 1.54) is 29.4 Å². The van der Waals surface area contributed by atoms with Crippen molar-refractivity contribution in [1.82, 2.24) is 4.40 Å². The molecular formula is C20H19N2O+. The van der Waals surface area contributed by atoms with Crippen LogP contribution in [-0.2, 0) is 5.54 Å². The second-order valence-corrected chi connectivity index (χ2v) is 7.01. The minimum atomic E-state index is 0.178. The van der Waals surface area contributed by atoms with Gasteiger partial charge in [0.15, 0.2) is 0 Å². The number of benzene rings is 2. The Labute approximate surface area is 134 Å². The molecule has 1 aliphatic rings. The highest BCUT2D eigenvalue weighted by molar-refractivity contribution is 6.13. The minimum Gasteiger partial charge on any atom is -0.507 e. The quantitative estimate of drug-likeness (QED) is 0.417. The number of aromatic hydroxyl groups is 1. The summed E-state index contributed by atoms with van der Waals surface area (Å²) in [5, 5.41) is 13.9. The summed E-state index contributed by atoms with van der Waals surface area (Å²) in [6.07, 6.45) is 4.62. The van der Waals surface area contributed by atoms with Gasteiger partial charge in [-0.1, -0.05) is 30.3 Å². The third-order valence-corrected chi connectivity index (χ3v) is 5.37. The van der Waals surface area contributed by atoms with Crippen LogP contribution in [0.2, 0.25) is 0 Å². The summed E-state index contributed by atoms with van der Waals surface area (Å²) in [6, 6.07) is 14.3. The van der Waals surface area contributed by atoms with Gasteiger partial charge in [0.2, 0.25) is 0 Å². The molecule has 0 amide bonds. The van der Waals surface area contributed by atoms with E-state index in [0.29, 0.717) is 5.75 Å². The molecule has 23 heavy (non-hydrogen) atoms. The highest BCUT2D eigenvalue weighted by atomic mass is 16.3. The maximum Gasteiger partial charge on any atom is 0.299 e. The zero-order valence-electron chi connectivity index (χ0n) is 13.4. The molecule has 1 fully saturated rings. The van der Waals surface area contributed by atoms with Crippen molar-refractivity contribution in [3.63, 3.8) is 0 Å². The van der Waals surface area contributed by atoms with Crippen LogP contribution < -0.4 is 4.57 Å². The second kappa shape index (κ2) is 4.05. The van der Waals surface area contributed by atoms with Gasteiger partial charge < -0.3 is 5.11 Å². The SMILES string of the molecule is Cc1c[n+](C2(C)CC2)c2c3c(O)cccc3c3ccccc3n12. The summed E-state index contributed by atoms with van der Waals surface area (Å²) in [4.78, 5) is 0. The first-order valence-electron chi connectivity index (χ1n) is 8.17. The number of hydrogen-bond donors (Lipinski definition) is 1. The van der Waals surface area contributed by atoms with Crippen LogP contribution in [0, 0.1) is 6.92 Å². The lowest BCUT2D eigenvalue weighted by Gasteiger charge is -2.10. The molecule has 0 atom stereocenters. The molecule has 2 aromatic heterocycles. The van der Waals surface area contributed by atoms with Crippen LogP contribution in [-0.4, -0.2) is 9.51 Å². The molecule has 0 radical (unpaired) electrons. The Kier molecular flexibility index (Phi) is 2.28. The molecule has 0 saturated heterocycles. The van der Waals surface area contributed by atoms with Crippen LogP contribution >= 0.6 is 0 Å². The number of para-hydroxylation sites is 1. The summed E-state index contributed by atoms with van der Waals surface area (Å²) in [5.41, 5.74) is 3.68. The van der Waals surface area contributed by atoms with Crippen molar-refractivity contribution in [1.29, 1.82) is 0 Å². The third kappa shape index (κ3) is 1.57. The van der Waals surface area contributed by atoms with Crippen LogP contribution in [0.4, 0.5) is 0 Å². The van der Waals surface area contributed by atoms with E-state index in [1.807, 2.05) is 6.07 Å². The van der Waals surface area contributed by atoms with Crippen molar-refractivity contribution >= 4 is 27.3 Å². The number of aryl methyl sites for hydroxylation is 1. The number of pyridine rings is 1. The smallest absolute Gasteiger partial charge is 0.299 e. The van der Waals surface area contributed by atoms with Gasteiger partial charge in [0.1, 0.15) is 34.1 Å². The molecule has 3 heteroatoms. The Morgan fingerprint density at radius 1 is 1.04 bits per heavy atom. The maximum absolute atomic E-state index is 10.6. The van der Waals surface area contributed by atoms with Crippen molar-refractivity contribution in [3.05, 3.63) is 54.4 Å². The van der Waals surface area contributed by atoms with Crippen molar-refractivity contribution in [2.24, 2.45) is 0 Å². The van der Waals surface area contributed by atoms with Crippen LogP contribution in [0.3, 0.4) is 0 Å². The highest BCUT2D eigenvalue weighted by Crippen LogP contribution is 2.41. The van der Waals surface area contributed by atoms with E-state index in [0.717, 1.165) is 16.4 Å². The average Bonchev–Trinajstić information content (AvgIpc) is 3.20. The van der Waals surface area contributed by atoms with Crippen molar-refractivity contribution < 1.29 is 9.67 Å². The van der Waals surface area contributed by atoms with Gasteiger partial charge in [-0.25, -0.2) is 4.57 Å². The standard InChI is InChI=1S/C20H18N2O/c1-13-12-21(20(2)10-11-20)19-18-15(7-5-9-17(18)23)14-6-3-4-8-16(14)22(13)19/h3-9,12H,10-11H2,1-2H3/p+1. The summed E-state index contributed by atoms with van der Waals surface area (Å²) < 4.78 is 4.66. The molecule has 1 saturated carbocycles. The number of phenolic OH excluding ortho intramolecular Hbond substituents is 1. The third-order valence-electron chi connectivity index (χ3n) is 5.37. The molecular weight excluding hydrogens is 284 g/mol. The van der Waals surface area contributed by atoms with Crippen LogP contribution in [0.25, 0.3) is 27.3 Å². The monoisotopic (exact) mass is 303 g/mol. The largest absolute Gasteiger partial charge is 0.507 e. The van der Waals surface area contributed by atoms with Gasteiger partial charge in [-0.2, -0.15) is 4.40 Å². The number of hydrogen-bond acceptors (Lipinski definition) is 1. The van der Waals surface area contributed by atoms with Crippen molar-refractivity contribution in [2.45, 2.75) is 32.2 Å². The van der Waals surface area contributed by atoms with Gasteiger partial charge in [0.25, 0.3) is 5.65 Å². The number of rotatable bonds is 1. The van der Waals surface area contributed by atoms with E-state index in [-0.39, 0.29) is 5.54 Å². The molecule has 0 aliphatic heterocycles. The Morgan fingerprint density at radius 3 is 2.57 bits per heavy atom. The molecule has 2 heterocycles. The molecule has 0 bridgehead atoms. The topological polar surface area (TPSA) is 28.5 Å². The van der Waals surface area contributed by atoms with E-state index in [4.69, 9.17) is 0 Å². The number of aromatic nitrogens is 2. The molecule has 3 nitrogen and oxygen atoms in total. The van der Waals surface area contributed by atoms with Gasteiger partial charge in [0, 0.05) is 17.7 Å². The van der Waals surface area contributed by atoms with Crippen LogP contribution in [0.15, 0.2) is 48.7 Å². The number of nitrogens with zero attached hydrogens (tertiary/aromatic N) is 2. The Balaban J connectivity index is 2.16. The maximum atomic E-state index is 10.6.